The molecule has 0 saturated heterocycles. The first-order valence-electron chi connectivity index (χ1n) is 4.70. The van der Waals surface area contributed by atoms with E-state index in [-0.39, 0.29) is 0 Å². The van der Waals surface area contributed by atoms with Gasteiger partial charge in [-0.05, 0) is 6.92 Å². The Bertz CT molecular complexity index is 393. The van der Waals surface area contributed by atoms with Crippen LogP contribution < -0.4 is 5.32 Å². The average molecular weight is 223 g/mol. The van der Waals surface area contributed by atoms with E-state index in [1.807, 2.05) is 20.2 Å². The van der Waals surface area contributed by atoms with Crippen LogP contribution in [-0.4, -0.2) is 19.7 Å². The fourth-order valence-corrected chi connectivity index (χ4v) is 2.01. The number of hydrogen-bond donors (Lipinski definition) is 1. The molecule has 6 heteroatoms. The zero-order valence-corrected chi connectivity index (χ0v) is 9.58. The Kier molecular flexibility index (Phi) is 3.08. The van der Waals surface area contributed by atoms with E-state index in [0.29, 0.717) is 6.54 Å². The lowest BCUT2D eigenvalue weighted by Crippen LogP contribution is -2.13. The number of nitrogens with zero attached hydrogens (tertiary/aromatic N) is 4. The molecular weight excluding hydrogens is 210 g/mol. The van der Waals surface area contributed by atoms with Gasteiger partial charge >= 0.3 is 0 Å². The summed E-state index contributed by atoms with van der Waals surface area (Å²) in [4.78, 5) is 9.56. The molecule has 0 spiro atoms. The minimum absolute atomic E-state index is 0.692. The summed E-state index contributed by atoms with van der Waals surface area (Å²) in [6, 6.07) is 0. The first kappa shape index (κ1) is 10.3. The van der Waals surface area contributed by atoms with E-state index >= 15 is 0 Å². The molecule has 0 bridgehead atoms. The summed E-state index contributed by atoms with van der Waals surface area (Å²) in [7, 11) is 1.86. The van der Waals surface area contributed by atoms with Crippen LogP contribution in [0.3, 0.4) is 0 Å². The maximum atomic E-state index is 4.19. The van der Waals surface area contributed by atoms with Gasteiger partial charge in [0.15, 0.2) is 5.82 Å². The maximum Gasteiger partial charge on any atom is 0.164 e. The van der Waals surface area contributed by atoms with Gasteiger partial charge in [0.1, 0.15) is 6.33 Å². The van der Waals surface area contributed by atoms with Crippen molar-refractivity contribution in [3.8, 4) is 0 Å². The molecule has 1 N–H and O–H groups in total. The molecule has 5 nitrogen and oxygen atoms in total. The summed E-state index contributed by atoms with van der Waals surface area (Å²) in [5, 5.41) is 8.55. The highest BCUT2D eigenvalue weighted by molar-refractivity contribution is 7.11. The number of hydrogen-bond acceptors (Lipinski definition) is 5. The fourth-order valence-electron chi connectivity index (χ4n) is 1.25. The van der Waals surface area contributed by atoms with Crippen LogP contribution in [0, 0.1) is 6.92 Å². The van der Waals surface area contributed by atoms with Crippen molar-refractivity contribution < 1.29 is 0 Å². The number of rotatable bonds is 4. The van der Waals surface area contributed by atoms with Gasteiger partial charge < -0.3 is 5.32 Å². The van der Waals surface area contributed by atoms with E-state index in [2.05, 4.69) is 20.4 Å². The monoisotopic (exact) mass is 223 g/mol. The molecule has 0 unspecified atom stereocenters. The highest BCUT2D eigenvalue weighted by Gasteiger charge is 2.00. The van der Waals surface area contributed by atoms with Crippen LogP contribution in [0.15, 0.2) is 12.5 Å². The Morgan fingerprint density at radius 3 is 2.87 bits per heavy atom. The molecule has 0 aromatic carbocycles. The quantitative estimate of drug-likeness (QED) is 0.835. The maximum absolute atomic E-state index is 4.19. The van der Waals surface area contributed by atoms with Crippen LogP contribution >= 0.6 is 11.3 Å². The normalized spacial score (nSPS) is 10.8. The Morgan fingerprint density at radius 2 is 2.27 bits per heavy atom. The van der Waals surface area contributed by atoms with Crippen molar-refractivity contribution >= 4 is 11.3 Å². The number of aryl methyl sites for hydroxylation is 2. The molecule has 0 aliphatic rings. The second kappa shape index (κ2) is 4.50. The number of aromatic nitrogens is 4. The largest absolute Gasteiger partial charge is 0.305 e. The molecule has 2 heterocycles. The molecule has 0 atom stereocenters. The minimum Gasteiger partial charge on any atom is -0.305 e. The second-order valence-electron chi connectivity index (χ2n) is 3.28. The SMILES string of the molecule is Cc1ncc(CNCc2ncn(C)n2)s1. The van der Waals surface area contributed by atoms with Crippen molar-refractivity contribution in [1.29, 1.82) is 0 Å². The van der Waals surface area contributed by atoms with Crippen LogP contribution in [0.4, 0.5) is 0 Å². The summed E-state index contributed by atoms with van der Waals surface area (Å²) in [5.41, 5.74) is 0. The molecule has 80 valence electrons. The van der Waals surface area contributed by atoms with Gasteiger partial charge in [-0.15, -0.1) is 11.3 Å². The molecule has 0 radical (unpaired) electrons. The van der Waals surface area contributed by atoms with E-state index in [1.165, 1.54) is 4.88 Å². The van der Waals surface area contributed by atoms with Gasteiger partial charge in [-0.2, -0.15) is 5.10 Å². The van der Waals surface area contributed by atoms with E-state index in [0.717, 1.165) is 17.4 Å². The predicted octanol–water partition coefficient (Wildman–Crippen LogP) is 0.870. The summed E-state index contributed by atoms with van der Waals surface area (Å²) < 4.78 is 1.70. The Hall–Kier alpha value is -1.27. The fraction of sp³-hybridized carbons (Fsp3) is 0.444. The van der Waals surface area contributed by atoms with Gasteiger partial charge in [-0.3, -0.25) is 4.68 Å². The first-order valence-corrected chi connectivity index (χ1v) is 5.52. The van der Waals surface area contributed by atoms with Crippen molar-refractivity contribution in [2.45, 2.75) is 20.0 Å². The predicted molar refractivity (Wildman–Crippen MR) is 58.4 cm³/mol. The van der Waals surface area contributed by atoms with Crippen LogP contribution in [0.1, 0.15) is 15.7 Å². The van der Waals surface area contributed by atoms with E-state index < -0.39 is 0 Å². The highest BCUT2D eigenvalue weighted by atomic mass is 32.1. The molecule has 2 aromatic rings. The van der Waals surface area contributed by atoms with Gasteiger partial charge in [-0.1, -0.05) is 0 Å². The lowest BCUT2D eigenvalue weighted by molar-refractivity contribution is 0.653. The lowest BCUT2D eigenvalue weighted by Gasteiger charge is -1.97. The molecular formula is C9H13N5S. The first-order chi connectivity index (χ1) is 7.24. The third kappa shape index (κ3) is 2.84. The third-order valence-corrected chi connectivity index (χ3v) is 2.81. The van der Waals surface area contributed by atoms with Gasteiger partial charge in [0.05, 0.1) is 11.6 Å². The summed E-state index contributed by atoms with van der Waals surface area (Å²) in [6.07, 6.45) is 3.60. The van der Waals surface area contributed by atoms with E-state index in [9.17, 15) is 0 Å². The molecule has 0 fully saturated rings. The lowest BCUT2D eigenvalue weighted by atomic mass is 10.5. The van der Waals surface area contributed by atoms with Gasteiger partial charge in [0.25, 0.3) is 0 Å². The summed E-state index contributed by atoms with van der Waals surface area (Å²) in [6.45, 7) is 3.52. The smallest absolute Gasteiger partial charge is 0.164 e. The molecule has 15 heavy (non-hydrogen) atoms. The van der Waals surface area contributed by atoms with Crippen LogP contribution in [-0.2, 0) is 20.1 Å². The summed E-state index contributed by atoms with van der Waals surface area (Å²) >= 11 is 1.71. The number of nitrogens with one attached hydrogen (secondary N) is 1. The van der Waals surface area contributed by atoms with Crippen molar-refractivity contribution in [2.24, 2.45) is 7.05 Å². The van der Waals surface area contributed by atoms with Gasteiger partial charge in [-0.25, -0.2) is 9.97 Å². The average Bonchev–Trinajstić information content (AvgIpc) is 2.76. The minimum atomic E-state index is 0.692. The zero-order chi connectivity index (χ0) is 10.7. The Labute approximate surface area is 92.2 Å². The molecule has 0 aliphatic carbocycles. The molecule has 0 saturated carbocycles. The highest BCUT2D eigenvalue weighted by Crippen LogP contribution is 2.10. The van der Waals surface area contributed by atoms with Crippen molar-refractivity contribution in [3.63, 3.8) is 0 Å². The van der Waals surface area contributed by atoms with Crippen LogP contribution in [0.2, 0.25) is 0 Å². The summed E-state index contributed by atoms with van der Waals surface area (Å²) in [5.74, 6) is 0.818. The Morgan fingerprint density at radius 1 is 1.40 bits per heavy atom. The standard InChI is InChI=1S/C9H13N5S/c1-7-11-4-8(15-7)3-10-5-9-12-6-14(2)13-9/h4,6,10H,3,5H2,1-2H3. The van der Waals surface area contributed by atoms with E-state index in [1.54, 1.807) is 22.3 Å². The molecule has 0 amide bonds. The Balaban J connectivity index is 1.80. The van der Waals surface area contributed by atoms with Gasteiger partial charge in [0, 0.05) is 24.7 Å². The van der Waals surface area contributed by atoms with Gasteiger partial charge in [0.2, 0.25) is 0 Å². The molecule has 2 aromatic heterocycles. The van der Waals surface area contributed by atoms with Crippen molar-refractivity contribution in [1.82, 2.24) is 25.1 Å². The number of thiazole rings is 1. The second-order valence-corrected chi connectivity index (χ2v) is 4.60. The molecule has 2 rings (SSSR count). The van der Waals surface area contributed by atoms with Crippen molar-refractivity contribution in [3.05, 3.63) is 28.2 Å². The third-order valence-electron chi connectivity index (χ3n) is 1.90. The molecule has 0 aliphatic heterocycles. The van der Waals surface area contributed by atoms with Crippen LogP contribution in [0.25, 0.3) is 0 Å². The topological polar surface area (TPSA) is 55.6 Å². The van der Waals surface area contributed by atoms with E-state index in [4.69, 9.17) is 0 Å². The zero-order valence-electron chi connectivity index (χ0n) is 8.77. The van der Waals surface area contributed by atoms with Crippen LogP contribution in [0.5, 0.6) is 0 Å². The van der Waals surface area contributed by atoms with Crippen molar-refractivity contribution in [2.75, 3.05) is 0 Å².